The van der Waals surface area contributed by atoms with Gasteiger partial charge in [0, 0.05) is 73.0 Å². The predicted molar refractivity (Wildman–Crippen MR) is 129 cm³/mol. The van der Waals surface area contributed by atoms with Crippen LogP contribution in [-0.4, -0.2) is 64.0 Å². The summed E-state index contributed by atoms with van der Waals surface area (Å²) in [5.41, 5.74) is 9.48. The van der Waals surface area contributed by atoms with Crippen molar-refractivity contribution in [1.82, 2.24) is 24.8 Å². The zero-order valence-corrected chi connectivity index (χ0v) is 18.3. The first kappa shape index (κ1) is 20.8. The Kier molecular flexibility index (Phi) is 5.54. The summed E-state index contributed by atoms with van der Waals surface area (Å²) in [6.45, 7) is 3.72. The molecule has 166 valence electrons. The molecule has 1 amide bonds. The van der Waals surface area contributed by atoms with E-state index < -0.39 is 0 Å². The normalized spacial score (nSPS) is 14.4. The highest BCUT2D eigenvalue weighted by Crippen LogP contribution is 2.24. The number of nitrogens with one attached hydrogen (secondary N) is 1. The number of nitrogens with zero attached hydrogens (tertiary/aromatic N) is 6. The van der Waals surface area contributed by atoms with E-state index in [1.807, 2.05) is 24.3 Å². The molecule has 1 aliphatic heterocycles. The largest absolute Gasteiger partial charge is 0.397 e. The number of nitrogen functional groups attached to an aromatic ring is 1. The fraction of sp³-hybridized carbons (Fsp3) is 0.208. The topological polar surface area (TPSA) is 113 Å². The van der Waals surface area contributed by atoms with Crippen LogP contribution in [0.2, 0.25) is 0 Å². The number of carbonyl (C=O) groups is 1. The van der Waals surface area contributed by atoms with Crippen molar-refractivity contribution in [3.05, 3.63) is 66.9 Å². The number of fused-ring (bicyclic) bond motifs is 1. The minimum absolute atomic E-state index is 0.233. The van der Waals surface area contributed by atoms with Gasteiger partial charge in [0.2, 0.25) is 0 Å². The standard InChI is InChI=1S/C24H24N8O/c1-31-4-6-32(7-5-31)23-11-16(2-3-27-23)24(33)30-22-10-17-8-18(13-28-21(17)15-29-22)19-9-20(25)14-26-12-19/h2-3,8-15H,4-7,25H2,1H3,(H,29,30,33). The van der Waals surface area contributed by atoms with Crippen LogP contribution in [0.4, 0.5) is 17.3 Å². The Morgan fingerprint density at radius 2 is 1.76 bits per heavy atom. The van der Waals surface area contributed by atoms with Crippen LogP contribution in [0.5, 0.6) is 0 Å². The van der Waals surface area contributed by atoms with Crippen molar-refractivity contribution in [3.8, 4) is 11.1 Å². The van der Waals surface area contributed by atoms with Crippen molar-refractivity contribution in [2.24, 2.45) is 0 Å². The second-order valence-corrected chi connectivity index (χ2v) is 8.14. The van der Waals surface area contributed by atoms with Gasteiger partial charge in [-0.05, 0) is 37.4 Å². The van der Waals surface area contributed by atoms with Crippen molar-refractivity contribution in [2.45, 2.75) is 0 Å². The number of pyridine rings is 4. The van der Waals surface area contributed by atoms with Crippen LogP contribution < -0.4 is 16.0 Å². The monoisotopic (exact) mass is 440 g/mol. The van der Waals surface area contributed by atoms with E-state index in [0.29, 0.717) is 17.1 Å². The van der Waals surface area contributed by atoms with Crippen LogP contribution in [0, 0.1) is 0 Å². The van der Waals surface area contributed by atoms with Crippen LogP contribution >= 0.6 is 0 Å². The summed E-state index contributed by atoms with van der Waals surface area (Å²) in [4.78, 5) is 34.8. The Labute approximate surface area is 191 Å². The molecule has 4 aromatic rings. The van der Waals surface area contributed by atoms with E-state index in [9.17, 15) is 4.79 Å². The Morgan fingerprint density at radius 1 is 0.939 bits per heavy atom. The molecule has 0 aromatic carbocycles. The lowest BCUT2D eigenvalue weighted by Crippen LogP contribution is -2.44. The molecule has 0 unspecified atom stereocenters. The highest BCUT2D eigenvalue weighted by atomic mass is 16.1. The lowest BCUT2D eigenvalue weighted by molar-refractivity contribution is 0.102. The van der Waals surface area contributed by atoms with Crippen LogP contribution in [0.15, 0.2) is 61.3 Å². The van der Waals surface area contributed by atoms with Gasteiger partial charge in [-0.25, -0.2) is 9.97 Å². The molecule has 1 fully saturated rings. The summed E-state index contributed by atoms with van der Waals surface area (Å²) in [6, 6.07) is 9.18. The second kappa shape index (κ2) is 8.79. The first-order chi connectivity index (χ1) is 16.0. The van der Waals surface area contributed by atoms with E-state index in [1.54, 1.807) is 37.1 Å². The summed E-state index contributed by atoms with van der Waals surface area (Å²) in [6.07, 6.45) is 8.42. The fourth-order valence-electron chi connectivity index (χ4n) is 3.83. The Morgan fingerprint density at radius 3 is 2.58 bits per heavy atom. The Balaban J connectivity index is 1.36. The third kappa shape index (κ3) is 4.58. The van der Waals surface area contributed by atoms with E-state index in [4.69, 9.17) is 5.73 Å². The highest BCUT2D eigenvalue weighted by Gasteiger charge is 2.17. The van der Waals surface area contributed by atoms with Crippen molar-refractivity contribution < 1.29 is 4.79 Å². The van der Waals surface area contributed by atoms with Crippen molar-refractivity contribution in [2.75, 3.05) is 49.2 Å². The molecule has 0 spiro atoms. The molecule has 0 saturated carbocycles. The van der Waals surface area contributed by atoms with E-state index >= 15 is 0 Å². The first-order valence-corrected chi connectivity index (χ1v) is 10.7. The van der Waals surface area contributed by atoms with Crippen molar-refractivity contribution in [1.29, 1.82) is 0 Å². The number of hydrogen-bond donors (Lipinski definition) is 2. The lowest BCUT2D eigenvalue weighted by Gasteiger charge is -2.33. The number of hydrogen-bond acceptors (Lipinski definition) is 8. The number of piperazine rings is 1. The Bertz CT molecular complexity index is 1320. The summed E-state index contributed by atoms with van der Waals surface area (Å²) < 4.78 is 0. The predicted octanol–water partition coefficient (Wildman–Crippen LogP) is 2.67. The number of amides is 1. The molecule has 1 aliphatic rings. The minimum atomic E-state index is -0.233. The van der Waals surface area contributed by atoms with Gasteiger partial charge in [0.15, 0.2) is 0 Å². The molecular weight excluding hydrogens is 416 g/mol. The number of rotatable bonds is 4. The van der Waals surface area contributed by atoms with Crippen molar-refractivity contribution >= 4 is 34.1 Å². The van der Waals surface area contributed by atoms with E-state index in [-0.39, 0.29) is 5.91 Å². The van der Waals surface area contributed by atoms with E-state index in [2.05, 4.69) is 42.1 Å². The van der Waals surface area contributed by atoms with Gasteiger partial charge >= 0.3 is 0 Å². The van der Waals surface area contributed by atoms with Gasteiger partial charge in [-0.3, -0.25) is 14.8 Å². The summed E-state index contributed by atoms with van der Waals surface area (Å²) >= 11 is 0. The van der Waals surface area contributed by atoms with Gasteiger partial charge in [-0.2, -0.15) is 0 Å². The zero-order valence-electron chi connectivity index (χ0n) is 18.3. The molecule has 4 aromatic heterocycles. The zero-order chi connectivity index (χ0) is 22.8. The molecule has 5 rings (SSSR count). The summed E-state index contributed by atoms with van der Waals surface area (Å²) in [5, 5.41) is 3.75. The molecular formula is C24H24N8O. The molecule has 1 saturated heterocycles. The lowest BCUT2D eigenvalue weighted by atomic mass is 10.1. The third-order valence-electron chi connectivity index (χ3n) is 5.74. The molecule has 33 heavy (non-hydrogen) atoms. The molecule has 3 N–H and O–H groups in total. The average Bonchev–Trinajstić information content (AvgIpc) is 2.84. The molecule has 0 atom stereocenters. The van der Waals surface area contributed by atoms with Crippen LogP contribution in [0.1, 0.15) is 10.4 Å². The van der Waals surface area contributed by atoms with Crippen LogP contribution in [0.25, 0.3) is 22.0 Å². The summed E-state index contributed by atoms with van der Waals surface area (Å²) in [5.74, 6) is 1.03. The third-order valence-corrected chi connectivity index (χ3v) is 5.74. The minimum Gasteiger partial charge on any atom is -0.397 e. The van der Waals surface area contributed by atoms with Gasteiger partial charge in [0.1, 0.15) is 11.6 Å². The number of anilines is 3. The number of aromatic nitrogens is 4. The van der Waals surface area contributed by atoms with Gasteiger partial charge < -0.3 is 20.9 Å². The molecule has 9 heteroatoms. The SMILES string of the molecule is CN1CCN(c2cc(C(=O)Nc3cc4cc(-c5cncc(N)c5)cnc4cn3)ccn2)CC1. The Hall–Kier alpha value is -4.11. The maximum atomic E-state index is 12.9. The average molecular weight is 441 g/mol. The number of likely N-dealkylation sites (N-methyl/N-ethyl adjacent to an activating group) is 1. The van der Waals surface area contributed by atoms with E-state index in [0.717, 1.165) is 54.0 Å². The quantitative estimate of drug-likeness (QED) is 0.498. The van der Waals surface area contributed by atoms with Gasteiger partial charge in [0.25, 0.3) is 5.91 Å². The first-order valence-electron chi connectivity index (χ1n) is 10.7. The van der Waals surface area contributed by atoms with Crippen LogP contribution in [-0.2, 0) is 0 Å². The highest BCUT2D eigenvalue weighted by molar-refractivity contribution is 6.04. The fourth-order valence-corrected chi connectivity index (χ4v) is 3.83. The molecule has 9 nitrogen and oxygen atoms in total. The number of carbonyl (C=O) groups excluding carboxylic acids is 1. The molecule has 0 radical (unpaired) electrons. The summed E-state index contributed by atoms with van der Waals surface area (Å²) in [7, 11) is 2.11. The van der Waals surface area contributed by atoms with Crippen molar-refractivity contribution in [3.63, 3.8) is 0 Å². The van der Waals surface area contributed by atoms with Crippen LogP contribution in [0.3, 0.4) is 0 Å². The molecule has 0 aliphatic carbocycles. The van der Waals surface area contributed by atoms with Gasteiger partial charge in [-0.1, -0.05) is 0 Å². The maximum Gasteiger partial charge on any atom is 0.257 e. The second-order valence-electron chi connectivity index (χ2n) is 8.14. The smallest absolute Gasteiger partial charge is 0.257 e. The van der Waals surface area contributed by atoms with E-state index in [1.165, 1.54) is 0 Å². The molecule has 0 bridgehead atoms. The van der Waals surface area contributed by atoms with Gasteiger partial charge in [-0.15, -0.1) is 0 Å². The number of nitrogens with two attached hydrogens (primary N) is 1. The molecule has 5 heterocycles. The van der Waals surface area contributed by atoms with Gasteiger partial charge in [0.05, 0.1) is 17.4 Å². The maximum absolute atomic E-state index is 12.9.